The predicted octanol–water partition coefficient (Wildman–Crippen LogP) is 4.22. The topological polar surface area (TPSA) is 69.2 Å². The number of nitrogens with zero attached hydrogens (tertiary/aromatic N) is 1. The van der Waals surface area contributed by atoms with Gasteiger partial charge in [-0.2, -0.15) is 5.10 Å². The number of ether oxygens (including phenoxy) is 3. The molecule has 0 saturated carbocycles. The number of carbonyl (C=O) groups excluding carboxylic acids is 1. The third-order valence-corrected chi connectivity index (χ3v) is 5.00. The summed E-state index contributed by atoms with van der Waals surface area (Å²) in [5.74, 6) is 2.15. The Morgan fingerprint density at radius 3 is 2.70 bits per heavy atom. The molecule has 6 nitrogen and oxygen atoms in total. The number of benzene rings is 2. The average Bonchev–Trinajstić information content (AvgIpc) is 3.13. The molecule has 0 fully saturated rings. The van der Waals surface area contributed by atoms with Crippen LogP contribution in [-0.2, 0) is 4.79 Å². The minimum atomic E-state index is -0.339. The summed E-state index contributed by atoms with van der Waals surface area (Å²) in [5, 5.41) is 3.96. The van der Waals surface area contributed by atoms with Gasteiger partial charge in [-0.25, -0.2) is 5.43 Å². The van der Waals surface area contributed by atoms with Gasteiger partial charge in [-0.15, -0.1) is 0 Å². The third-order valence-electron chi connectivity index (χ3n) is 4.32. The molecule has 1 aliphatic heterocycles. The molecule has 0 aliphatic carbocycles. The Bertz CT molecular complexity index is 837. The molecule has 2 aromatic rings. The molecule has 3 rings (SSSR count). The second kappa shape index (κ2) is 8.90. The monoisotopic (exact) mass is 432 g/mol. The fourth-order valence-electron chi connectivity index (χ4n) is 2.52. The largest absolute Gasteiger partial charge is 0.484 e. The van der Waals surface area contributed by atoms with Gasteiger partial charge in [0.15, 0.2) is 18.1 Å². The predicted molar refractivity (Wildman–Crippen MR) is 107 cm³/mol. The summed E-state index contributed by atoms with van der Waals surface area (Å²) < 4.78 is 16.9. The molecule has 0 spiro atoms. The highest BCUT2D eigenvalue weighted by atomic mass is 79.9. The first-order chi connectivity index (χ1) is 13.1. The van der Waals surface area contributed by atoms with Crippen LogP contribution in [0.3, 0.4) is 0 Å². The Kier molecular flexibility index (Phi) is 6.34. The summed E-state index contributed by atoms with van der Waals surface area (Å²) in [6, 6.07) is 11.4. The lowest BCUT2D eigenvalue weighted by Crippen LogP contribution is -2.24. The number of hydrazone groups is 1. The average molecular weight is 433 g/mol. The molecule has 2 aromatic carbocycles. The highest BCUT2D eigenvalue weighted by Crippen LogP contribution is 2.36. The van der Waals surface area contributed by atoms with Gasteiger partial charge in [0.2, 0.25) is 6.79 Å². The number of hydrogen-bond acceptors (Lipinski definition) is 5. The molecule has 0 saturated heterocycles. The van der Waals surface area contributed by atoms with E-state index in [2.05, 4.69) is 40.3 Å². The summed E-state index contributed by atoms with van der Waals surface area (Å²) in [6.07, 6.45) is 2.62. The van der Waals surface area contributed by atoms with Crippen LogP contribution in [0, 0.1) is 0 Å². The van der Waals surface area contributed by atoms with Crippen LogP contribution in [0.15, 0.2) is 46.0 Å². The highest BCUT2D eigenvalue weighted by molar-refractivity contribution is 9.10. The van der Waals surface area contributed by atoms with Crippen LogP contribution < -0.4 is 19.6 Å². The maximum absolute atomic E-state index is 11.9. The van der Waals surface area contributed by atoms with Gasteiger partial charge in [-0.1, -0.05) is 26.0 Å². The Hall–Kier alpha value is -2.54. The molecular formula is C20H21BrN2O4. The number of rotatable bonds is 7. The van der Waals surface area contributed by atoms with Crippen LogP contribution in [0.4, 0.5) is 0 Å². The zero-order chi connectivity index (χ0) is 19.2. The molecule has 0 bridgehead atoms. The smallest absolute Gasteiger partial charge is 0.277 e. The Balaban J connectivity index is 1.49. The van der Waals surface area contributed by atoms with Crippen LogP contribution >= 0.6 is 15.9 Å². The van der Waals surface area contributed by atoms with Crippen molar-refractivity contribution in [2.75, 3.05) is 13.4 Å². The maximum atomic E-state index is 11.9. The first kappa shape index (κ1) is 19.2. The number of fused-ring (bicyclic) bond motifs is 1. The van der Waals surface area contributed by atoms with Gasteiger partial charge in [0, 0.05) is 10.0 Å². The summed E-state index contributed by atoms with van der Waals surface area (Å²) in [4.78, 5) is 11.9. The molecule has 142 valence electrons. The fourth-order valence-corrected chi connectivity index (χ4v) is 2.94. The van der Waals surface area contributed by atoms with Crippen molar-refractivity contribution in [3.05, 3.63) is 52.0 Å². The lowest BCUT2D eigenvalue weighted by Gasteiger charge is -2.10. The zero-order valence-electron chi connectivity index (χ0n) is 15.2. The van der Waals surface area contributed by atoms with E-state index in [1.54, 1.807) is 12.1 Å². The standard InChI is InChI=1S/C20H21BrN2O4/c1-3-13(2)14-4-6-16(7-5-14)25-11-20(24)23-22-10-15-8-18-19(9-17(15)21)27-12-26-18/h4-10,13H,3,11-12H2,1-2H3,(H,23,24)/b22-10-/t13-/m0/s1. The Morgan fingerprint density at radius 2 is 2.00 bits per heavy atom. The summed E-state index contributed by atoms with van der Waals surface area (Å²) >= 11 is 3.44. The molecule has 0 radical (unpaired) electrons. The van der Waals surface area contributed by atoms with Crippen molar-refractivity contribution >= 4 is 28.1 Å². The SMILES string of the molecule is CC[C@H](C)c1ccc(OCC(=O)N/N=C\c2cc3c(cc2Br)OCO3)cc1. The van der Waals surface area contributed by atoms with Crippen molar-refractivity contribution in [2.24, 2.45) is 5.10 Å². The van der Waals surface area contributed by atoms with E-state index in [0.717, 1.165) is 16.5 Å². The van der Waals surface area contributed by atoms with Gasteiger partial charge < -0.3 is 14.2 Å². The normalized spacial score (nSPS) is 13.6. The maximum Gasteiger partial charge on any atom is 0.277 e. The van der Waals surface area contributed by atoms with Crippen molar-refractivity contribution in [1.82, 2.24) is 5.43 Å². The molecular weight excluding hydrogens is 412 g/mol. The van der Waals surface area contributed by atoms with Gasteiger partial charge >= 0.3 is 0 Å². The van der Waals surface area contributed by atoms with Crippen LogP contribution in [-0.4, -0.2) is 25.5 Å². The summed E-state index contributed by atoms with van der Waals surface area (Å²) in [5.41, 5.74) is 4.47. The molecule has 0 unspecified atom stereocenters. The van der Waals surface area contributed by atoms with Gasteiger partial charge in [-0.05, 0) is 58.1 Å². The first-order valence-electron chi connectivity index (χ1n) is 8.70. The second-order valence-electron chi connectivity index (χ2n) is 6.19. The van der Waals surface area contributed by atoms with Crippen molar-refractivity contribution in [2.45, 2.75) is 26.2 Å². The van der Waals surface area contributed by atoms with E-state index in [0.29, 0.717) is 23.2 Å². The first-order valence-corrected chi connectivity index (χ1v) is 9.50. The lowest BCUT2D eigenvalue weighted by atomic mass is 9.99. The van der Waals surface area contributed by atoms with Gasteiger partial charge in [0.1, 0.15) is 5.75 Å². The summed E-state index contributed by atoms with van der Waals surface area (Å²) in [6.45, 7) is 4.43. The summed E-state index contributed by atoms with van der Waals surface area (Å²) in [7, 11) is 0. The van der Waals surface area contributed by atoms with Crippen LogP contribution in [0.5, 0.6) is 17.2 Å². The molecule has 0 aromatic heterocycles. The number of halogens is 1. The quantitative estimate of drug-likeness (QED) is 0.525. The Labute approximate surface area is 166 Å². The number of hydrogen-bond donors (Lipinski definition) is 1. The molecule has 7 heteroatoms. The van der Waals surface area contributed by atoms with Gasteiger partial charge in [-0.3, -0.25) is 4.79 Å². The minimum absolute atomic E-state index is 0.109. The highest BCUT2D eigenvalue weighted by Gasteiger charge is 2.15. The van der Waals surface area contributed by atoms with Crippen molar-refractivity contribution in [1.29, 1.82) is 0 Å². The van der Waals surface area contributed by atoms with Crippen molar-refractivity contribution < 1.29 is 19.0 Å². The Morgan fingerprint density at radius 1 is 1.30 bits per heavy atom. The number of nitrogens with one attached hydrogen (secondary N) is 1. The molecule has 1 heterocycles. The van der Waals surface area contributed by atoms with Crippen LogP contribution in [0.1, 0.15) is 37.3 Å². The zero-order valence-corrected chi connectivity index (χ0v) is 16.8. The van der Waals surface area contributed by atoms with E-state index in [1.165, 1.54) is 11.8 Å². The van der Waals surface area contributed by atoms with E-state index < -0.39 is 0 Å². The van der Waals surface area contributed by atoms with Gasteiger partial charge in [0.05, 0.1) is 6.21 Å². The molecule has 1 amide bonds. The van der Waals surface area contributed by atoms with Crippen molar-refractivity contribution in [3.63, 3.8) is 0 Å². The van der Waals surface area contributed by atoms with E-state index in [9.17, 15) is 4.79 Å². The molecule has 1 N–H and O–H groups in total. The lowest BCUT2D eigenvalue weighted by molar-refractivity contribution is -0.123. The van der Waals surface area contributed by atoms with E-state index in [4.69, 9.17) is 14.2 Å². The minimum Gasteiger partial charge on any atom is -0.484 e. The molecule has 27 heavy (non-hydrogen) atoms. The molecule has 1 aliphatic rings. The van der Waals surface area contributed by atoms with E-state index in [-0.39, 0.29) is 19.3 Å². The number of amides is 1. The molecule has 1 atom stereocenters. The number of carbonyl (C=O) groups is 1. The van der Waals surface area contributed by atoms with Crippen LogP contribution in [0.25, 0.3) is 0 Å². The van der Waals surface area contributed by atoms with Crippen molar-refractivity contribution in [3.8, 4) is 17.2 Å². The second-order valence-corrected chi connectivity index (χ2v) is 7.04. The third kappa shape index (κ3) is 5.01. The fraction of sp³-hybridized carbons (Fsp3) is 0.300. The van der Waals surface area contributed by atoms with Gasteiger partial charge in [0.25, 0.3) is 5.91 Å². The van der Waals surface area contributed by atoms with Crippen LogP contribution in [0.2, 0.25) is 0 Å². The van der Waals surface area contributed by atoms with E-state index in [1.807, 2.05) is 24.3 Å². The van der Waals surface area contributed by atoms with E-state index >= 15 is 0 Å².